The van der Waals surface area contributed by atoms with Crippen LogP contribution in [0.25, 0.3) is 0 Å². The number of benzene rings is 2. The number of carbonyl (C=O) groups is 9. The van der Waals surface area contributed by atoms with Crippen LogP contribution in [0, 0.1) is 41.4 Å². The van der Waals surface area contributed by atoms with Gasteiger partial charge in [0.1, 0.15) is 18.2 Å². The fraction of sp³-hybridized carbons (Fsp3) is 0.656. The number of likely N-dealkylation sites (N-methyl/N-ethyl adjacent to an activating group) is 2. The van der Waals surface area contributed by atoms with Gasteiger partial charge in [0.05, 0.1) is 42.7 Å². The molecule has 2 heterocycles. The third-order valence-electron chi connectivity index (χ3n) is 16.3. The number of amides is 5. The van der Waals surface area contributed by atoms with Gasteiger partial charge in [-0.25, -0.2) is 4.79 Å². The number of carboxylic acids is 1. The molecule has 4 rings (SSSR count). The summed E-state index contributed by atoms with van der Waals surface area (Å²) in [4.78, 5) is 126. The van der Waals surface area contributed by atoms with Crippen molar-refractivity contribution in [1.29, 1.82) is 0 Å². The van der Waals surface area contributed by atoms with Crippen LogP contribution >= 0.6 is 0 Å². The Kier molecular flexibility index (Phi) is 25.8. The number of nitrogens with zero attached hydrogens (tertiary/aromatic N) is 4. The van der Waals surface area contributed by atoms with E-state index in [1.54, 1.807) is 42.8 Å². The number of carbonyl (C=O) groups excluding carboxylic acids is 8. The molecule has 0 spiro atoms. The number of aliphatic carboxylic acids is 1. The van der Waals surface area contributed by atoms with Crippen molar-refractivity contribution < 1.29 is 62.5 Å². The molecule has 5 amide bonds. The number of ketones is 3. The Hall–Kier alpha value is -5.81. The van der Waals surface area contributed by atoms with Crippen molar-refractivity contribution in [3.05, 3.63) is 71.3 Å². The number of carboxylic acid groups (broad SMARTS) is 1. The Labute approximate surface area is 463 Å². The maximum Gasteiger partial charge on any atom is 0.410 e. The van der Waals surface area contributed by atoms with Crippen molar-refractivity contribution in [2.75, 3.05) is 41.4 Å². The molecular weight excluding hydrogens is 997 g/mol. The van der Waals surface area contributed by atoms with Gasteiger partial charge in [0.25, 0.3) is 0 Å². The maximum absolute atomic E-state index is 14.8. The van der Waals surface area contributed by atoms with Crippen molar-refractivity contribution in [3.63, 3.8) is 0 Å². The van der Waals surface area contributed by atoms with E-state index >= 15 is 0 Å². The van der Waals surface area contributed by atoms with Crippen LogP contribution < -0.4 is 0 Å². The molecule has 1 unspecified atom stereocenters. The summed E-state index contributed by atoms with van der Waals surface area (Å²) in [5.41, 5.74) is 2.34. The van der Waals surface area contributed by atoms with E-state index < -0.39 is 60.1 Å². The standard InChI is InChI=1S/C61H90N4O13/c1-13-40(6)56(52(76-11)36-54(70)64-30-20-24-49(64)57(77-12)42(8)50(67)34-46(60(73)74)32-43-21-16-14-17-22-43)62(9)59(72)48(38(2)3)35-51(68)55(39(4)5)63(10)61(75)78-37-45-27-25-44(26-28-45)33-47(66)23-18-15-19-29-65-53(69)31-41(7)58(65)71/h14,16-17,21-22,25-28,38-42,46,48-49,52,55-57H,13,15,18-20,23-24,29-37H2,1-12H3,(H,73,74)/t40-,41?,42-,46+,48-,49-,52+,55-,56-,57+/m0/s1. The van der Waals surface area contributed by atoms with Crippen LogP contribution in [0.5, 0.6) is 0 Å². The Morgan fingerprint density at radius 3 is 1.99 bits per heavy atom. The molecule has 17 heteroatoms. The van der Waals surface area contributed by atoms with E-state index in [-0.39, 0.29) is 110 Å². The van der Waals surface area contributed by atoms with Crippen molar-refractivity contribution in [1.82, 2.24) is 19.6 Å². The molecule has 2 aromatic carbocycles. The van der Waals surface area contributed by atoms with Gasteiger partial charge < -0.3 is 34.0 Å². The molecule has 78 heavy (non-hydrogen) atoms. The van der Waals surface area contributed by atoms with Crippen molar-refractivity contribution in [2.24, 2.45) is 41.4 Å². The molecule has 0 bridgehead atoms. The maximum atomic E-state index is 14.8. The number of methoxy groups -OCH3 is 2. The van der Waals surface area contributed by atoms with Crippen molar-refractivity contribution >= 4 is 53.0 Å². The second-order valence-corrected chi connectivity index (χ2v) is 22.7. The molecule has 10 atom stereocenters. The molecular formula is C61H90N4O13. The first-order valence-electron chi connectivity index (χ1n) is 28.2. The molecule has 0 aromatic heterocycles. The average Bonchev–Trinajstić information content (AvgIpc) is 4.00. The van der Waals surface area contributed by atoms with Gasteiger partial charge in [0.15, 0.2) is 5.78 Å². The SMILES string of the molecule is CC[C@H](C)[C@@H]([C@@H](CC(=O)N1CCC[C@H]1[C@H](OC)[C@@H](C)C(=O)C[C@@H](Cc1ccccc1)C(=O)O)OC)N(C)C(=O)[C@@H](CC(=O)[C@H](C(C)C)N(C)C(=O)OCc1ccc(CC(=O)CCCCCN2C(=O)CC(C)C2=O)cc1)C(C)C. The van der Waals surface area contributed by atoms with Crippen LogP contribution in [-0.2, 0) is 72.0 Å². The Morgan fingerprint density at radius 1 is 0.769 bits per heavy atom. The van der Waals surface area contributed by atoms with E-state index in [2.05, 4.69) is 0 Å². The minimum atomic E-state index is -1.05. The Bertz CT molecular complexity index is 2340. The van der Waals surface area contributed by atoms with Crippen LogP contribution in [-0.4, -0.2) is 149 Å². The average molecular weight is 1090 g/mol. The van der Waals surface area contributed by atoms with Gasteiger partial charge in [0, 0.05) is 91.3 Å². The highest BCUT2D eigenvalue weighted by Gasteiger charge is 2.44. The number of unbranched alkanes of at least 4 members (excludes halogenated alkanes) is 2. The van der Waals surface area contributed by atoms with Crippen LogP contribution in [0.4, 0.5) is 4.79 Å². The summed E-state index contributed by atoms with van der Waals surface area (Å²) in [5, 5.41) is 10.0. The summed E-state index contributed by atoms with van der Waals surface area (Å²) < 4.78 is 17.7. The van der Waals surface area contributed by atoms with E-state index in [1.807, 2.05) is 84.0 Å². The molecule has 2 aliphatic heterocycles. The smallest absolute Gasteiger partial charge is 0.410 e. The van der Waals surface area contributed by atoms with Gasteiger partial charge in [-0.05, 0) is 66.5 Å². The van der Waals surface area contributed by atoms with Gasteiger partial charge in [-0.2, -0.15) is 0 Å². The Morgan fingerprint density at radius 2 is 1.42 bits per heavy atom. The summed E-state index contributed by atoms with van der Waals surface area (Å²) in [6, 6.07) is 14.5. The predicted molar refractivity (Wildman–Crippen MR) is 296 cm³/mol. The lowest BCUT2D eigenvalue weighted by Crippen LogP contribution is -2.54. The molecule has 432 valence electrons. The van der Waals surface area contributed by atoms with Crippen LogP contribution in [0.1, 0.15) is 143 Å². The molecule has 0 saturated carbocycles. The van der Waals surface area contributed by atoms with Crippen molar-refractivity contribution in [3.8, 4) is 0 Å². The summed E-state index contributed by atoms with van der Waals surface area (Å²) in [5.74, 6) is -5.63. The minimum Gasteiger partial charge on any atom is -0.481 e. The molecule has 2 fully saturated rings. The zero-order valence-corrected chi connectivity index (χ0v) is 48.6. The van der Waals surface area contributed by atoms with Gasteiger partial charge in [-0.3, -0.25) is 43.3 Å². The van der Waals surface area contributed by atoms with Gasteiger partial charge in [-0.15, -0.1) is 0 Å². The lowest BCUT2D eigenvalue weighted by molar-refractivity contribution is -0.149. The summed E-state index contributed by atoms with van der Waals surface area (Å²) in [6.07, 6.45) is 2.59. The number of hydrogen-bond acceptors (Lipinski definition) is 12. The summed E-state index contributed by atoms with van der Waals surface area (Å²) >= 11 is 0. The summed E-state index contributed by atoms with van der Waals surface area (Å²) in [6.45, 7) is 15.7. The number of Topliss-reactive ketones (excluding diaryl/α,β-unsaturated/α-hetero) is 3. The van der Waals surface area contributed by atoms with Crippen LogP contribution in [0.3, 0.4) is 0 Å². The summed E-state index contributed by atoms with van der Waals surface area (Å²) in [7, 11) is 6.23. The molecule has 2 aromatic rings. The largest absolute Gasteiger partial charge is 0.481 e. The zero-order chi connectivity index (χ0) is 58.0. The van der Waals surface area contributed by atoms with Gasteiger partial charge >= 0.3 is 12.1 Å². The fourth-order valence-corrected chi connectivity index (χ4v) is 11.4. The zero-order valence-electron chi connectivity index (χ0n) is 48.6. The first kappa shape index (κ1) is 64.7. The fourth-order valence-electron chi connectivity index (χ4n) is 11.4. The topological polar surface area (TPSA) is 215 Å². The normalized spacial score (nSPS) is 18.7. The molecule has 0 aliphatic carbocycles. The minimum absolute atomic E-state index is 0.0644. The van der Waals surface area contributed by atoms with Crippen molar-refractivity contribution in [2.45, 2.75) is 176 Å². The highest BCUT2D eigenvalue weighted by Crippen LogP contribution is 2.32. The van der Waals surface area contributed by atoms with Gasteiger partial charge in [-0.1, -0.05) is 123 Å². The quantitative estimate of drug-likeness (QED) is 0.0526. The first-order chi connectivity index (χ1) is 36.9. The van der Waals surface area contributed by atoms with E-state index in [4.69, 9.17) is 14.2 Å². The third-order valence-corrected chi connectivity index (χ3v) is 16.3. The predicted octanol–water partition coefficient (Wildman–Crippen LogP) is 8.40. The first-order valence-corrected chi connectivity index (χ1v) is 28.2. The lowest BCUT2D eigenvalue weighted by atomic mass is 9.83. The van der Waals surface area contributed by atoms with Crippen LogP contribution in [0.2, 0.25) is 0 Å². The number of hydrogen-bond donors (Lipinski definition) is 1. The van der Waals surface area contributed by atoms with E-state index in [9.17, 15) is 48.3 Å². The molecule has 0 radical (unpaired) electrons. The molecule has 1 N–H and O–H groups in total. The number of rotatable bonds is 33. The highest BCUT2D eigenvalue weighted by atomic mass is 16.6. The molecule has 17 nitrogen and oxygen atoms in total. The number of likely N-dealkylation sites (tertiary alicyclic amines) is 2. The van der Waals surface area contributed by atoms with E-state index in [1.165, 1.54) is 31.1 Å². The number of ether oxygens (including phenoxy) is 3. The molecule has 2 saturated heterocycles. The third kappa shape index (κ3) is 17.9. The number of imide groups is 1. The van der Waals surface area contributed by atoms with Crippen LogP contribution in [0.15, 0.2) is 54.6 Å². The monoisotopic (exact) mass is 1090 g/mol. The Balaban J connectivity index is 1.35. The van der Waals surface area contributed by atoms with Gasteiger partial charge in [0.2, 0.25) is 23.6 Å². The lowest BCUT2D eigenvalue weighted by Gasteiger charge is -2.41. The van der Waals surface area contributed by atoms with E-state index in [0.29, 0.717) is 57.2 Å². The molecule has 2 aliphatic rings. The highest BCUT2D eigenvalue weighted by molar-refractivity contribution is 6.03. The second kappa shape index (κ2) is 31.1. The van der Waals surface area contributed by atoms with E-state index in [0.717, 1.165) is 17.5 Å². The second-order valence-electron chi connectivity index (χ2n) is 22.7.